The third kappa shape index (κ3) is 9.45. The molecule has 22 heavy (non-hydrogen) atoms. The number of unbranched alkanes of at least 4 members (excludes halogenated alkanes) is 10. The van der Waals surface area contributed by atoms with Crippen LogP contribution in [0.2, 0.25) is 0 Å². The van der Waals surface area contributed by atoms with Crippen molar-refractivity contribution in [3.63, 3.8) is 0 Å². The highest BCUT2D eigenvalue weighted by molar-refractivity contribution is 5.76. The number of rotatable bonds is 12. The van der Waals surface area contributed by atoms with Gasteiger partial charge in [-0.15, -0.1) is 0 Å². The zero-order valence-corrected chi connectivity index (χ0v) is 15.1. The molecule has 1 fully saturated rings. The Morgan fingerprint density at radius 1 is 0.727 bits per heavy atom. The third-order valence-corrected chi connectivity index (χ3v) is 4.85. The summed E-state index contributed by atoms with van der Waals surface area (Å²) in [7, 11) is 2.13. The molecular weight excluding hydrogens is 272 g/mol. The first-order chi connectivity index (χ1) is 10.7. The quantitative estimate of drug-likeness (QED) is 0.497. The molecule has 1 rings (SSSR count). The topological polar surface area (TPSA) is 23.6 Å². The standard InChI is InChI=1S/C19H38N2O/c1-3-4-5-6-7-8-9-10-11-12-13-14-19(22)21-17-15-20(2)16-18-21/h3-18H2,1-2H3. The van der Waals surface area contributed by atoms with Gasteiger partial charge in [0, 0.05) is 32.6 Å². The average molecular weight is 311 g/mol. The predicted molar refractivity (Wildman–Crippen MR) is 95.2 cm³/mol. The van der Waals surface area contributed by atoms with Crippen LogP contribution in [0, 0.1) is 0 Å². The summed E-state index contributed by atoms with van der Waals surface area (Å²) in [6, 6.07) is 0. The van der Waals surface area contributed by atoms with E-state index in [9.17, 15) is 4.79 Å². The predicted octanol–water partition coefficient (Wildman–Crippen LogP) is 4.46. The number of amides is 1. The lowest BCUT2D eigenvalue weighted by atomic mass is 10.1. The van der Waals surface area contributed by atoms with Gasteiger partial charge in [-0.1, -0.05) is 71.1 Å². The Balaban J connectivity index is 1.84. The normalized spacial score (nSPS) is 16.2. The van der Waals surface area contributed by atoms with Crippen LogP contribution in [-0.4, -0.2) is 48.9 Å². The zero-order chi connectivity index (χ0) is 16.0. The van der Waals surface area contributed by atoms with E-state index in [-0.39, 0.29) is 0 Å². The van der Waals surface area contributed by atoms with E-state index in [2.05, 4.69) is 23.8 Å². The Labute approximate surface area is 138 Å². The van der Waals surface area contributed by atoms with E-state index in [1.54, 1.807) is 0 Å². The molecular formula is C19H38N2O. The maximum atomic E-state index is 12.1. The molecule has 0 aromatic heterocycles. The van der Waals surface area contributed by atoms with Crippen LogP contribution in [0.1, 0.15) is 84.0 Å². The minimum Gasteiger partial charge on any atom is -0.340 e. The van der Waals surface area contributed by atoms with Crippen molar-refractivity contribution in [1.82, 2.24) is 9.80 Å². The molecule has 1 aliphatic rings. The molecule has 0 unspecified atom stereocenters. The molecule has 0 bridgehead atoms. The second kappa shape index (κ2) is 12.9. The van der Waals surface area contributed by atoms with Crippen LogP contribution >= 0.6 is 0 Å². The number of hydrogen-bond acceptors (Lipinski definition) is 2. The highest BCUT2D eigenvalue weighted by Gasteiger charge is 2.17. The zero-order valence-electron chi connectivity index (χ0n) is 15.1. The molecule has 1 amide bonds. The maximum absolute atomic E-state index is 12.1. The fraction of sp³-hybridized carbons (Fsp3) is 0.947. The van der Waals surface area contributed by atoms with Crippen molar-refractivity contribution in [2.45, 2.75) is 84.0 Å². The number of carbonyl (C=O) groups excluding carboxylic acids is 1. The van der Waals surface area contributed by atoms with Crippen LogP contribution in [-0.2, 0) is 4.79 Å². The second-order valence-corrected chi connectivity index (χ2v) is 6.97. The van der Waals surface area contributed by atoms with E-state index in [1.807, 2.05) is 0 Å². The second-order valence-electron chi connectivity index (χ2n) is 6.97. The number of hydrogen-bond donors (Lipinski definition) is 0. The maximum Gasteiger partial charge on any atom is 0.222 e. The molecule has 0 saturated carbocycles. The highest BCUT2D eigenvalue weighted by atomic mass is 16.2. The Morgan fingerprint density at radius 2 is 1.18 bits per heavy atom. The first-order valence-electron chi connectivity index (χ1n) is 9.70. The van der Waals surface area contributed by atoms with Crippen molar-refractivity contribution >= 4 is 5.91 Å². The van der Waals surface area contributed by atoms with E-state index in [0.717, 1.165) is 39.0 Å². The fourth-order valence-corrected chi connectivity index (χ4v) is 3.15. The summed E-state index contributed by atoms with van der Waals surface area (Å²) in [6.45, 7) is 6.18. The summed E-state index contributed by atoms with van der Waals surface area (Å²) in [5, 5.41) is 0. The minimum atomic E-state index is 0.379. The first-order valence-corrected chi connectivity index (χ1v) is 9.70. The van der Waals surface area contributed by atoms with Crippen molar-refractivity contribution in [1.29, 1.82) is 0 Å². The van der Waals surface area contributed by atoms with Gasteiger partial charge in [0.1, 0.15) is 0 Å². The number of nitrogens with zero attached hydrogens (tertiary/aromatic N) is 2. The summed E-state index contributed by atoms with van der Waals surface area (Å²) in [5.41, 5.74) is 0. The van der Waals surface area contributed by atoms with Crippen LogP contribution < -0.4 is 0 Å². The van der Waals surface area contributed by atoms with Crippen molar-refractivity contribution in [3.05, 3.63) is 0 Å². The van der Waals surface area contributed by atoms with Gasteiger partial charge >= 0.3 is 0 Å². The molecule has 1 saturated heterocycles. The van der Waals surface area contributed by atoms with Crippen LogP contribution in [0.15, 0.2) is 0 Å². The van der Waals surface area contributed by atoms with Crippen molar-refractivity contribution in [3.8, 4) is 0 Å². The highest BCUT2D eigenvalue weighted by Crippen LogP contribution is 2.12. The average Bonchev–Trinajstić information content (AvgIpc) is 2.53. The van der Waals surface area contributed by atoms with Gasteiger partial charge in [0.2, 0.25) is 5.91 Å². The molecule has 0 spiro atoms. The third-order valence-electron chi connectivity index (χ3n) is 4.85. The Bertz CT molecular complexity index is 273. The summed E-state index contributed by atoms with van der Waals surface area (Å²) < 4.78 is 0. The van der Waals surface area contributed by atoms with Crippen LogP contribution in [0.5, 0.6) is 0 Å². The summed E-state index contributed by atoms with van der Waals surface area (Å²) in [5.74, 6) is 0.379. The van der Waals surface area contributed by atoms with Crippen molar-refractivity contribution in [2.75, 3.05) is 33.2 Å². The van der Waals surface area contributed by atoms with E-state index >= 15 is 0 Å². The molecule has 0 N–H and O–H groups in total. The number of carbonyl (C=O) groups is 1. The first kappa shape index (κ1) is 19.5. The monoisotopic (exact) mass is 310 g/mol. The lowest BCUT2D eigenvalue weighted by Crippen LogP contribution is -2.47. The fourth-order valence-electron chi connectivity index (χ4n) is 3.15. The van der Waals surface area contributed by atoms with Crippen LogP contribution in [0.3, 0.4) is 0 Å². The number of piperazine rings is 1. The molecule has 0 radical (unpaired) electrons. The molecule has 3 nitrogen and oxygen atoms in total. The summed E-state index contributed by atoms with van der Waals surface area (Å²) in [6.07, 6.45) is 15.6. The minimum absolute atomic E-state index is 0.379. The van der Waals surface area contributed by atoms with E-state index < -0.39 is 0 Å². The lowest BCUT2D eigenvalue weighted by Gasteiger charge is -2.32. The van der Waals surface area contributed by atoms with Gasteiger partial charge in [0.25, 0.3) is 0 Å². The van der Waals surface area contributed by atoms with Crippen LogP contribution in [0.4, 0.5) is 0 Å². The molecule has 0 aromatic carbocycles. The van der Waals surface area contributed by atoms with E-state index in [1.165, 1.54) is 64.2 Å². The van der Waals surface area contributed by atoms with Gasteiger partial charge in [-0.3, -0.25) is 4.79 Å². The van der Waals surface area contributed by atoms with Gasteiger partial charge in [-0.05, 0) is 13.5 Å². The summed E-state index contributed by atoms with van der Waals surface area (Å²) >= 11 is 0. The van der Waals surface area contributed by atoms with E-state index in [0.29, 0.717) is 5.91 Å². The smallest absolute Gasteiger partial charge is 0.222 e. The lowest BCUT2D eigenvalue weighted by molar-refractivity contribution is -0.132. The van der Waals surface area contributed by atoms with Gasteiger partial charge in [-0.25, -0.2) is 0 Å². The van der Waals surface area contributed by atoms with Gasteiger partial charge in [0.05, 0.1) is 0 Å². The van der Waals surface area contributed by atoms with Crippen molar-refractivity contribution < 1.29 is 4.79 Å². The van der Waals surface area contributed by atoms with Gasteiger partial charge < -0.3 is 9.80 Å². The molecule has 0 atom stereocenters. The SMILES string of the molecule is CCCCCCCCCCCCCC(=O)N1CCN(C)CC1. The molecule has 3 heteroatoms. The molecule has 130 valence electrons. The molecule has 0 aromatic rings. The number of likely N-dealkylation sites (N-methyl/N-ethyl adjacent to an activating group) is 1. The Kier molecular flexibility index (Phi) is 11.4. The Morgan fingerprint density at radius 3 is 1.68 bits per heavy atom. The van der Waals surface area contributed by atoms with E-state index in [4.69, 9.17) is 0 Å². The Hall–Kier alpha value is -0.570. The molecule has 0 aliphatic carbocycles. The molecule has 1 heterocycles. The molecule has 1 aliphatic heterocycles. The summed E-state index contributed by atoms with van der Waals surface area (Å²) in [4.78, 5) is 16.4. The van der Waals surface area contributed by atoms with Gasteiger partial charge in [-0.2, -0.15) is 0 Å². The largest absolute Gasteiger partial charge is 0.340 e. The van der Waals surface area contributed by atoms with Crippen LogP contribution in [0.25, 0.3) is 0 Å². The van der Waals surface area contributed by atoms with Gasteiger partial charge in [0.15, 0.2) is 0 Å². The van der Waals surface area contributed by atoms with Crippen molar-refractivity contribution in [2.24, 2.45) is 0 Å².